The molecular weight excluding hydrogens is 394 g/mol. The van der Waals surface area contributed by atoms with E-state index in [9.17, 15) is 13.2 Å². The summed E-state index contributed by atoms with van der Waals surface area (Å²) in [6, 6.07) is 13.6. The highest BCUT2D eigenvalue weighted by atomic mass is 32.2. The minimum atomic E-state index is -4.14. The minimum absolute atomic E-state index is 0.0675. The number of likely N-dealkylation sites (tertiary alicyclic amines) is 1. The summed E-state index contributed by atoms with van der Waals surface area (Å²) in [7, 11) is -1.01. The van der Waals surface area contributed by atoms with Crippen LogP contribution in [0.3, 0.4) is 0 Å². The summed E-state index contributed by atoms with van der Waals surface area (Å²) in [6.07, 6.45) is 1.11. The first-order valence-electron chi connectivity index (χ1n) is 9.39. The first-order chi connectivity index (χ1) is 13.9. The Morgan fingerprint density at radius 3 is 2.28 bits per heavy atom. The number of piperidine rings is 1. The van der Waals surface area contributed by atoms with Gasteiger partial charge < -0.3 is 13.7 Å². The molecular formula is C21H25NO6S. The maximum absolute atomic E-state index is 12.4. The van der Waals surface area contributed by atoms with Crippen molar-refractivity contribution in [2.45, 2.75) is 24.3 Å². The van der Waals surface area contributed by atoms with Crippen LogP contribution in [0.4, 0.5) is 0 Å². The number of carbonyl (C=O) groups is 1. The summed E-state index contributed by atoms with van der Waals surface area (Å²) in [6.45, 7) is 2.14. The van der Waals surface area contributed by atoms with Crippen LogP contribution in [0.1, 0.15) is 18.4 Å². The van der Waals surface area contributed by atoms with Gasteiger partial charge >= 0.3 is 16.1 Å². The molecule has 0 atom stereocenters. The van der Waals surface area contributed by atoms with E-state index in [1.807, 2.05) is 24.3 Å². The van der Waals surface area contributed by atoms with Crippen molar-refractivity contribution in [3.8, 4) is 11.5 Å². The number of rotatable bonds is 7. The molecule has 1 aliphatic heterocycles. The van der Waals surface area contributed by atoms with Crippen LogP contribution in [0.25, 0.3) is 0 Å². The van der Waals surface area contributed by atoms with E-state index < -0.39 is 22.0 Å². The normalized spacial score (nSPS) is 15.7. The second kappa shape index (κ2) is 9.28. The van der Waals surface area contributed by atoms with Crippen molar-refractivity contribution in [3.05, 3.63) is 54.1 Å². The van der Waals surface area contributed by atoms with Gasteiger partial charge in [0.05, 0.1) is 20.1 Å². The van der Waals surface area contributed by atoms with E-state index >= 15 is 0 Å². The van der Waals surface area contributed by atoms with Gasteiger partial charge in [0, 0.05) is 6.54 Å². The average molecular weight is 419 g/mol. The Labute approximate surface area is 171 Å². The van der Waals surface area contributed by atoms with Gasteiger partial charge in [-0.3, -0.25) is 9.69 Å². The zero-order valence-electron chi connectivity index (χ0n) is 16.5. The molecule has 0 N–H and O–H groups in total. The summed E-state index contributed by atoms with van der Waals surface area (Å²) < 4.78 is 39.8. The molecule has 156 valence electrons. The number of methoxy groups -OCH3 is 2. The fourth-order valence-electron chi connectivity index (χ4n) is 3.32. The lowest BCUT2D eigenvalue weighted by atomic mass is 9.97. The number of benzene rings is 2. The third-order valence-corrected chi connectivity index (χ3v) is 6.23. The highest BCUT2D eigenvalue weighted by molar-refractivity contribution is 7.87. The van der Waals surface area contributed by atoms with Gasteiger partial charge in [-0.15, -0.1) is 0 Å². The molecule has 0 radical (unpaired) electrons. The van der Waals surface area contributed by atoms with Crippen LogP contribution in [0.2, 0.25) is 0 Å². The monoisotopic (exact) mass is 419 g/mol. The fraction of sp³-hybridized carbons (Fsp3) is 0.381. The Morgan fingerprint density at radius 1 is 1.00 bits per heavy atom. The van der Waals surface area contributed by atoms with Crippen molar-refractivity contribution in [2.75, 3.05) is 27.3 Å². The van der Waals surface area contributed by atoms with E-state index in [1.165, 1.54) is 31.4 Å². The van der Waals surface area contributed by atoms with E-state index in [1.54, 1.807) is 7.11 Å². The second-order valence-electron chi connectivity index (χ2n) is 6.93. The molecule has 0 unspecified atom stereocenters. The smallest absolute Gasteiger partial charge is 0.341 e. The van der Waals surface area contributed by atoms with Crippen LogP contribution < -0.4 is 9.47 Å². The molecule has 8 heteroatoms. The number of nitrogens with zero attached hydrogens (tertiary/aromatic N) is 1. The van der Waals surface area contributed by atoms with Crippen molar-refractivity contribution in [3.63, 3.8) is 0 Å². The molecule has 0 bridgehead atoms. The van der Waals surface area contributed by atoms with E-state index in [0.717, 1.165) is 17.9 Å². The molecule has 0 aromatic heterocycles. The zero-order chi connectivity index (χ0) is 20.9. The van der Waals surface area contributed by atoms with Crippen molar-refractivity contribution < 1.29 is 26.9 Å². The predicted molar refractivity (Wildman–Crippen MR) is 107 cm³/mol. The van der Waals surface area contributed by atoms with Crippen LogP contribution in [-0.2, 0) is 25.6 Å². The van der Waals surface area contributed by atoms with Crippen LogP contribution in [0.5, 0.6) is 11.5 Å². The van der Waals surface area contributed by atoms with Crippen LogP contribution in [-0.4, -0.2) is 46.6 Å². The van der Waals surface area contributed by atoms with Crippen LogP contribution >= 0.6 is 0 Å². The highest BCUT2D eigenvalue weighted by Gasteiger charge is 2.30. The standard InChI is InChI=1S/C21H25NO6S/c1-26-18-6-8-20(9-7-18)29(24,25)28-21(23)17-10-12-22(13-11-17)15-16-4-3-5-19(14-16)27-2/h3-9,14,17H,10-13,15H2,1-2H3. The van der Waals surface area contributed by atoms with Gasteiger partial charge in [-0.2, -0.15) is 8.42 Å². The van der Waals surface area contributed by atoms with Gasteiger partial charge in [-0.1, -0.05) is 12.1 Å². The Bertz CT molecular complexity index is 934. The molecule has 0 saturated carbocycles. The average Bonchev–Trinajstić information content (AvgIpc) is 2.74. The fourth-order valence-corrected chi connectivity index (χ4v) is 4.24. The first-order valence-corrected chi connectivity index (χ1v) is 10.8. The number of hydrogen-bond acceptors (Lipinski definition) is 7. The predicted octanol–water partition coefficient (Wildman–Crippen LogP) is 2.85. The molecule has 3 rings (SSSR count). The molecule has 1 saturated heterocycles. The van der Waals surface area contributed by atoms with Gasteiger partial charge in [0.15, 0.2) is 0 Å². The maximum atomic E-state index is 12.4. The van der Waals surface area contributed by atoms with Crippen molar-refractivity contribution >= 4 is 16.1 Å². The SMILES string of the molecule is COc1ccc(S(=O)(=O)OC(=O)C2CCN(Cc3cccc(OC)c3)CC2)cc1. The maximum Gasteiger partial charge on any atom is 0.341 e. The summed E-state index contributed by atoms with van der Waals surface area (Å²) in [5.41, 5.74) is 1.13. The van der Waals surface area contributed by atoms with Gasteiger partial charge in [0.1, 0.15) is 16.4 Å². The first kappa shape index (κ1) is 21.1. The van der Waals surface area contributed by atoms with Crippen molar-refractivity contribution in [2.24, 2.45) is 5.92 Å². The van der Waals surface area contributed by atoms with Gasteiger partial charge in [0.2, 0.25) is 0 Å². The molecule has 1 aliphatic rings. The number of ether oxygens (including phenoxy) is 2. The van der Waals surface area contributed by atoms with Gasteiger partial charge in [-0.25, -0.2) is 0 Å². The molecule has 29 heavy (non-hydrogen) atoms. The number of hydrogen-bond donors (Lipinski definition) is 0. The summed E-state index contributed by atoms with van der Waals surface area (Å²) >= 11 is 0. The van der Waals surface area contributed by atoms with Crippen LogP contribution in [0, 0.1) is 5.92 Å². The molecule has 0 spiro atoms. The van der Waals surface area contributed by atoms with Gasteiger partial charge in [0.25, 0.3) is 0 Å². The third kappa shape index (κ3) is 5.48. The second-order valence-corrected chi connectivity index (χ2v) is 8.48. The van der Waals surface area contributed by atoms with E-state index in [0.29, 0.717) is 31.7 Å². The lowest BCUT2D eigenvalue weighted by Crippen LogP contribution is -2.37. The van der Waals surface area contributed by atoms with E-state index in [-0.39, 0.29) is 4.90 Å². The van der Waals surface area contributed by atoms with Crippen molar-refractivity contribution in [1.82, 2.24) is 4.90 Å². The molecule has 2 aromatic rings. The van der Waals surface area contributed by atoms with Crippen molar-refractivity contribution in [1.29, 1.82) is 0 Å². The molecule has 0 amide bonds. The Balaban J connectivity index is 1.53. The quantitative estimate of drug-likeness (QED) is 0.638. The molecule has 0 aliphatic carbocycles. The topological polar surface area (TPSA) is 82.1 Å². The van der Waals surface area contributed by atoms with E-state index in [2.05, 4.69) is 4.90 Å². The minimum Gasteiger partial charge on any atom is -0.497 e. The molecule has 7 nitrogen and oxygen atoms in total. The highest BCUT2D eigenvalue weighted by Crippen LogP contribution is 2.24. The summed E-state index contributed by atoms with van der Waals surface area (Å²) in [5.74, 6) is 0.217. The zero-order valence-corrected chi connectivity index (χ0v) is 17.4. The Hall–Kier alpha value is -2.58. The Morgan fingerprint density at radius 2 is 1.66 bits per heavy atom. The largest absolute Gasteiger partial charge is 0.497 e. The summed E-state index contributed by atoms with van der Waals surface area (Å²) in [4.78, 5) is 14.6. The molecule has 1 fully saturated rings. The third-order valence-electron chi connectivity index (χ3n) is 5.00. The lowest BCUT2D eigenvalue weighted by Gasteiger charge is -2.30. The van der Waals surface area contributed by atoms with Gasteiger partial charge in [-0.05, 0) is 67.9 Å². The lowest BCUT2D eigenvalue weighted by molar-refractivity contribution is -0.140. The van der Waals surface area contributed by atoms with Crippen LogP contribution in [0.15, 0.2) is 53.4 Å². The molecule has 2 aromatic carbocycles. The summed E-state index contributed by atoms with van der Waals surface area (Å²) in [5, 5.41) is 0. The van der Waals surface area contributed by atoms with E-state index in [4.69, 9.17) is 13.7 Å². The Kier molecular flexibility index (Phi) is 6.76. The number of carbonyl (C=O) groups excluding carboxylic acids is 1. The molecule has 1 heterocycles.